The van der Waals surface area contributed by atoms with Gasteiger partial charge in [0.15, 0.2) is 5.78 Å². The second-order valence-corrected chi connectivity index (χ2v) is 19.7. The number of carbonyl (C=O) groups excluding carboxylic acids is 5. The molecule has 1 amide bonds. The molecule has 1 saturated carbocycles. The Morgan fingerprint density at radius 2 is 1.67 bits per heavy atom. The molecular formula is C54H85NO14. The van der Waals surface area contributed by atoms with Crippen molar-refractivity contribution in [1.82, 2.24) is 4.90 Å². The van der Waals surface area contributed by atoms with Crippen LogP contribution in [0.5, 0.6) is 0 Å². The van der Waals surface area contributed by atoms with Crippen molar-refractivity contribution < 1.29 is 80.1 Å². The van der Waals surface area contributed by atoms with E-state index in [4.69, 9.17) is 38.0 Å². The number of rotatable bonds is 9. The summed E-state index contributed by atoms with van der Waals surface area (Å²) in [6, 6.07) is -1.32. The van der Waals surface area contributed by atoms with Crippen LogP contribution in [0, 0.1) is 41.4 Å². The number of aliphatic hydroxyl groups excluding tert-OH is 1. The van der Waals surface area contributed by atoms with E-state index in [9.17, 15) is 42.0 Å². The van der Waals surface area contributed by atoms with Crippen LogP contribution in [0.25, 0.3) is 0 Å². The van der Waals surface area contributed by atoms with Gasteiger partial charge in [-0.25, -0.2) is 4.79 Å². The van der Waals surface area contributed by atoms with Gasteiger partial charge in [-0.3, -0.25) is 19.2 Å². The molecule has 15 nitrogen and oxygen atoms in total. The number of hydrogen-bond donors (Lipinski definition) is 3. The van der Waals surface area contributed by atoms with Gasteiger partial charge in [0, 0.05) is 61.1 Å². The molecule has 0 aromatic carbocycles. The molecule has 2 bridgehead atoms. The van der Waals surface area contributed by atoms with Crippen LogP contribution < -0.4 is 0 Å². The molecule has 4 aliphatic rings. The third-order valence-electron chi connectivity index (χ3n) is 15.0. The average molecular weight is 981 g/mol. The number of hydrogen-bond acceptors (Lipinski definition) is 14. The number of methoxy groups -OCH3 is 3. The summed E-state index contributed by atoms with van der Waals surface area (Å²) in [5, 5.41) is 33.5. The van der Waals surface area contributed by atoms with Gasteiger partial charge in [-0.1, -0.05) is 78.0 Å². The Morgan fingerprint density at radius 1 is 0.928 bits per heavy atom. The van der Waals surface area contributed by atoms with Crippen LogP contribution in [0.4, 0.5) is 0 Å². The average Bonchev–Trinajstić information content (AvgIpc) is 3.35. The normalized spacial score (nSPS) is 44.5. The van der Waals surface area contributed by atoms with Crippen molar-refractivity contribution in [3.05, 3.63) is 47.6 Å². The first-order valence-corrected chi connectivity index (χ1v) is 24.5. The standard InChI is InChI=1S/C54H85NO14/c1-32-17-13-12-14-18-33(2)45(64-9)30-41-22-20-37(6)54(63,69-41)51(60)52(61)55-24-16-15-19-42(55)53(62)68-46(35(4)28-40-21-23-44(67-26-25-56)47(29-40)65-10)31-43(57)34(3)27-36(5)48(58)50(66-11)49(59)39(8)38(32)7/h12-14,17-18,27,32,34-35,37-42,44-48,50,56,58,63H,15-16,19-26,28-31H2,1-11H3/b14-12+,17-13+,33-18+,36-27+/t32-,34-,35-,37-,38?,39-,40+,41+,42+,44-,45+,46+,47-,48-,50-,54-/m1/s1/i9D3,25D2,26D2,32D,38D. The van der Waals surface area contributed by atoms with Gasteiger partial charge >= 0.3 is 5.97 Å². The quantitative estimate of drug-likeness (QED) is 0.129. The Kier molecular flexibility index (Phi) is 18.1. The van der Waals surface area contributed by atoms with Gasteiger partial charge in [0.1, 0.15) is 30.1 Å². The summed E-state index contributed by atoms with van der Waals surface area (Å²) >= 11 is 0. The molecule has 3 aliphatic heterocycles. The first-order valence-electron chi connectivity index (χ1n) is 29.0. The van der Waals surface area contributed by atoms with E-state index in [0.29, 0.717) is 31.3 Å². The minimum Gasteiger partial charge on any atom is -0.460 e. The van der Waals surface area contributed by atoms with Crippen molar-refractivity contribution in [2.24, 2.45) is 41.4 Å². The van der Waals surface area contributed by atoms with Crippen molar-refractivity contribution >= 4 is 29.2 Å². The number of Topliss-reactive ketones (excluding diaryl/α,β-unsaturated/α-hetero) is 3. The van der Waals surface area contributed by atoms with E-state index in [1.54, 1.807) is 39.0 Å². The molecule has 4 rings (SSSR count). The number of esters is 1. The highest BCUT2D eigenvalue weighted by atomic mass is 16.6. The molecule has 3 N–H and O–H groups in total. The van der Waals surface area contributed by atoms with E-state index in [2.05, 4.69) is 0 Å². The van der Waals surface area contributed by atoms with Crippen molar-refractivity contribution in [1.29, 1.82) is 0 Å². The first-order chi connectivity index (χ1) is 35.9. The molecule has 3 fully saturated rings. The summed E-state index contributed by atoms with van der Waals surface area (Å²) in [5.41, 5.74) is 0.591. The summed E-state index contributed by atoms with van der Waals surface area (Å²) in [6.07, 6.45) is 3.08. The first kappa shape index (κ1) is 45.5. The maximum absolute atomic E-state index is 14.6. The van der Waals surface area contributed by atoms with Crippen molar-refractivity contribution in [2.45, 2.75) is 181 Å². The lowest BCUT2D eigenvalue weighted by atomic mass is 9.78. The molecule has 0 spiro atoms. The van der Waals surface area contributed by atoms with Crippen LogP contribution in [0.2, 0.25) is 0 Å². The molecule has 16 atom stereocenters. The molecule has 15 heteroatoms. The zero-order valence-corrected chi connectivity index (χ0v) is 42.2. The highest BCUT2D eigenvalue weighted by Gasteiger charge is 2.53. The molecule has 69 heavy (non-hydrogen) atoms. The smallest absolute Gasteiger partial charge is 0.329 e. The number of ketones is 3. The molecule has 2 saturated heterocycles. The van der Waals surface area contributed by atoms with Crippen LogP contribution in [0.1, 0.15) is 138 Å². The van der Waals surface area contributed by atoms with E-state index in [-0.39, 0.29) is 63.0 Å². The Balaban J connectivity index is 1.78. The maximum Gasteiger partial charge on any atom is 0.329 e. The summed E-state index contributed by atoms with van der Waals surface area (Å²) in [6.45, 7) is 5.92. The van der Waals surface area contributed by atoms with Crippen LogP contribution in [-0.2, 0) is 52.4 Å². The number of nitrogens with zero attached hydrogens (tertiary/aromatic N) is 1. The van der Waals surface area contributed by atoms with E-state index in [1.165, 1.54) is 67.1 Å². The third-order valence-corrected chi connectivity index (χ3v) is 15.0. The van der Waals surface area contributed by atoms with Crippen LogP contribution in [-0.4, -0.2) is 145 Å². The van der Waals surface area contributed by atoms with E-state index >= 15 is 0 Å². The summed E-state index contributed by atoms with van der Waals surface area (Å²) < 4.78 is 108. The number of cyclic esters (lactones) is 1. The van der Waals surface area contributed by atoms with Gasteiger partial charge in [-0.15, -0.1) is 0 Å². The summed E-state index contributed by atoms with van der Waals surface area (Å²) in [4.78, 5) is 72.9. The zero-order valence-electron chi connectivity index (χ0n) is 51.2. The lowest BCUT2D eigenvalue weighted by Crippen LogP contribution is -2.61. The second kappa shape index (κ2) is 27.4. The highest BCUT2D eigenvalue weighted by Crippen LogP contribution is 2.38. The maximum atomic E-state index is 14.6. The van der Waals surface area contributed by atoms with Crippen molar-refractivity contribution in [2.75, 3.05) is 40.9 Å². The van der Waals surface area contributed by atoms with E-state index < -0.39 is 139 Å². The number of piperidine rings is 1. The second-order valence-electron chi connectivity index (χ2n) is 19.7. The van der Waals surface area contributed by atoms with Crippen LogP contribution >= 0.6 is 0 Å². The molecule has 390 valence electrons. The molecule has 1 unspecified atom stereocenters. The topological polar surface area (TPSA) is 205 Å². The molecule has 0 aromatic rings. The highest BCUT2D eigenvalue weighted by molar-refractivity contribution is 6.39. The predicted octanol–water partition coefficient (Wildman–Crippen LogP) is 6.44. The summed E-state index contributed by atoms with van der Waals surface area (Å²) in [7, 11) is -0.273. The monoisotopic (exact) mass is 981 g/mol. The molecular weight excluding hydrogens is 887 g/mol. The Hall–Kier alpha value is -3.41. The molecule has 1 aliphatic carbocycles. The largest absolute Gasteiger partial charge is 0.460 e. The van der Waals surface area contributed by atoms with Crippen molar-refractivity contribution in [3.63, 3.8) is 0 Å². The Morgan fingerprint density at radius 3 is 2.35 bits per heavy atom. The minimum atomic E-state index is -3.31. The molecule has 3 heterocycles. The number of aliphatic hydroxyl groups is 3. The lowest BCUT2D eigenvalue weighted by Gasteiger charge is -2.42. The fourth-order valence-corrected chi connectivity index (χ4v) is 10.0. The van der Waals surface area contributed by atoms with Gasteiger partial charge in [0.05, 0.1) is 47.1 Å². The molecule has 0 aromatic heterocycles. The van der Waals surface area contributed by atoms with Crippen molar-refractivity contribution in [3.8, 4) is 0 Å². The SMILES string of the molecule is [2H]C([2H])([2H])O[C@H]1C[C@@H]2CC[C@@H](C)[C@@](O)(O2)C(=O)C(=O)N2CCCC[C@H]2C(=O)O[C@H]([C@H](C)C[C@@H]2CC[C@@H](OC([2H])([2H])C([2H])([2H])O)[C@H](OC)C2)CC(=O)[C@H](C)/C=C(\C)[C@@H](O)[C@@H](OC)C(=O)[C@H](C)C([2H])(C)[C@]([2H])(C)/C=C/C=C/C=C/1C. The van der Waals surface area contributed by atoms with Gasteiger partial charge in [-0.2, -0.15) is 0 Å². The predicted molar refractivity (Wildman–Crippen MR) is 261 cm³/mol. The van der Waals surface area contributed by atoms with Gasteiger partial charge < -0.3 is 48.6 Å². The van der Waals surface area contributed by atoms with Gasteiger partial charge in [0.2, 0.25) is 5.79 Å². The Bertz CT molecular complexity index is 2230. The number of fused-ring (bicyclic) bond motifs is 3. The number of ether oxygens (including phenoxy) is 6. The lowest BCUT2D eigenvalue weighted by molar-refractivity contribution is -0.265. The number of carbonyl (C=O) groups is 5. The minimum absolute atomic E-state index is 0.0622. The number of amides is 1. The van der Waals surface area contributed by atoms with Crippen LogP contribution in [0.15, 0.2) is 47.6 Å². The fraction of sp³-hybridized carbons (Fsp3) is 0.759. The van der Waals surface area contributed by atoms with Gasteiger partial charge in [0.25, 0.3) is 11.7 Å². The Labute approximate surface area is 424 Å². The van der Waals surface area contributed by atoms with E-state index in [0.717, 1.165) is 4.90 Å². The summed E-state index contributed by atoms with van der Waals surface area (Å²) in [5.74, 6) is -14.5. The third kappa shape index (κ3) is 15.3. The van der Waals surface area contributed by atoms with Crippen LogP contribution in [0.3, 0.4) is 0 Å². The number of allylic oxidation sites excluding steroid dienone is 6. The fourth-order valence-electron chi connectivity index (χ4n) is 10.0. The zero-order chi connectivity index (χ0) is 59.1. The van der Waals surface area contributed by atoms with E-state index in [1.807, 2.05) is 0 Å². The van der Waals surface area contributed by atoms with Gasteiger partial charge in [-0.05, 0) is 106 Å². The molecule has 0 radical (unpaired) electrons.